The van der Waals surface area contributed by atoms with Crippen molar-refractivity contribution in [2.75, 3.05) is 36.0 Å². The van der Waals surface area contributed by atoms with E-state index in [0.717, 1.165) is 25.2 Å². The number of carboxylic acid groups (broad SMARTS) is 1. The number of nitrogens with zero attached hydrogens (tertiary/aromatic N) is 3. The van der Waals surface area contributed by atoms with Gasteiger partial charge in [-0.3, -0.25) is 0 Å². The Labute approximate surface area is 124 Å². The molecule has 5 heteroatoms. The zero-order chi connectivity index (χ0) is 14.4. The van der Waals surface area contributed by atoms with Crippen LogP contribution in [0.15, 0.2) is 18.2 Å². The van der Waals surface area contributed by atoms with E-state index < -0.39 is 6.09 Å². The van der Waals surface area contributed by atoms with E-state index in [1.165, 1.54) is 35.5 Å². The Kier molecular flexibility index (Phi) is 2.94. The smallest absolute Gasteiger partial charge is 0.407 e. The van der Waals surface area contributed by atoms with E-state index in [2.05, 4.69) is 28.0 Å². The summed E-state index contributed by atoms with van der Waals surface area (Å²) in [6.07, 6.45) is 3.12. The molecule has 1 saturated carbocycles. The van der Waals surface area contributed by atoms with Crippen LogP contribution in [-0.2, 0) is 6.54 Å². The summed E-state index contributed by atoms with van der Waals surface area (Å²) in [4.78, 5) is 17.8. The molecule has 0 bridgehead atoms. The summed E-state index contributed by atoms with van der Waals surface area (Å²) in [6.45, 7) is 3.97. The van der Waals surface area contributed by atoms with Crippen molar-refractivity contribution in [3.8, 4) is 0 Å². The Balaban J connectivity index is 1.74. The molecule has 1 aromatic carbocycles. The molecule has 1 N–H and O–H groups in total. The number of hydrogen-bond donors (Lipinski definition) is 1. The number of para-hydroxylation sites is 1. The highest BCUT2D eigenvalue weighted by molar-refractivity contribution is 5.78. The first-order chi connectivity index (χ1) is 10.2. The Morgan fingerprint density at radius 3 is 2.67 bits per heavy atom. The van der Waals surface area contributed by atoms with Crippen LogP contribution in [0.5, 0.6) is 0 Å². The van der Waals surface area contributed by atoms with Crippen LogP contribution in [0, 0.1) is 0 Å². The van der Waals surface area contributed by atoms with Gasteiger partial charge >= 0.3 is 6.09 Å². The first kappa shape index (κ1) is 12.8. The zero-order valence-corrected chi connectivity index (χ0v) is 12.2. The van der Waals surface area contributed by atoms with Gasteiger partial charge in [0.2, 0.25) is 0 Å². The normalized spacial score (nSPS) is 21.6. The maximum Gasteiger partial charge on any atom is 0.407 e. The predicted octanol–water partition coefficient (Wildman–Crippen LogP) is 2.36. The van der Waals surface area contributed by atoms with E-state index in [4.69, 9.17) is 0 Å². The number of anilines is 2. The van der Waals surface area contributed by atoms with Gasteiger partial charge in [0.15, 0.2) is 0 Å². The molecule has 0 unspecified atom stereocenters. The molecule has 112 valence electrons. The van der Waals surface area contributed by atoms with Crippen molar-refractivity contribution in [1.82, 2.24) is 4.90 Å². The molecule has 0 saturated heterocycles. The molecule has 5 nitrogen and oxygen atoms in total. The number of carbonyl (C=O) groups is 1. The predicted molar refractivity (Wildman–Crippen MR) is 82.1 cm³/mol. The maximum atomic E-state index is 11.3. The number of hydrogen-bond acceptors (Lipinski definition) is 3. The van der Waals surface area contributed by atoms with Crippen LogP contribution >= 0.6 is 0 Å². The molecule has 3 aliphatic rings. The van der Waals surface area contributed by atoms with Crippen LogP contribution in [-0.4, -0.2) is 48.3 Å². The van der Waals surface area contributed by atoms with E-state index >= 15 is 0 Å². The quantitative estimate of drug-likeness (QED) is 0.861. The Morgan fingerprint density at radius 2 is 1.95 bits per heavy atom. The summed E-state index contributed by atoms with van der Waals surface area (Å²) >= 11 is 0. The van der Waals surface area contributed by atoms with Gasteiger partial charge in [-0.25, -0.2) is 4.79 Å². The van der Waals surface area contributed by atoms with Crippen LogP contribution < -0.4 is 9.80 Å². The lowest BCUT2D eigenvalue weighted by Crippen LogP contribution is -2.49. The van der Waals surface area contributed by atoms with Gasteiger partial charge in [0, 0.05) is 32.2 Å². The monoisotopic (exact) mass is 287 g/mol. The molecule has 4 rings (SSSR count). The molecule has 1 amide bonds. The van der Waals surface area contributed by atoms with Gasteiger partial charge in [0.05, 0.1) is 17.9 Å². The molecule has 2 aliphatic heterocycles. The molecule has 0 spiro atoms. The summed E-state index contributed by atoms with van der Waals surface area (Å²) in [5.74, 6) is 0. The molecule has 2 heterocycles. The summed E-state index contributed by atoms with van der Waals surface area (Å²) in [5, 5.41) is 9.32. The molecule has 0 aromatic heterocycles. The van der Waals surface area contributed by atoms with Crippen molar-refractivity contribution in [3.05, 3.63) is 23.8 Å². The minimum Gasteiger partial charge on any atom is -0.465 e. The second-order valence-electron chi connectivity index (χ2n) is 6.25. The van der Waals surface area contributed by atoms with Gasteiger partial charge in [0.25, 0.3) is 0 Å². The SMILES string of the molecule is O=C(O)N1CCN2CCN(C3CCC3)c3cccc(c32)C1. The number of benzene rings is 1. The lowest BCUT2D eigenvalue weighted by Gasteiger charge is -2.46. The summed E-state index contributed by atoms with van der Waals surface area (Å²) in [7, 11) is 0. The van der Waals surface area contributed by atoms with Crippen molar-refractivity contribution < 1.29 is 9.90 Å². The lowest BCUT2D eigenvalue weighted by molar-refractivity contribution is 0.144. The molecule has 21 heavy (non-hydrogen) atoms. The second-order valence-corrected chi connectivity index (χ2v) is 6.25. The highest BCUT2D eigenvalue weighted by Gasteiger charge is 2.34. The summed E-state index contributed by atoms with van der Waals surface area (Å²) in [6, 6.07) is 7.06. The fourth-order valence-corrected chi connectivity index (χ4v) is 3.75. The van der Waals surface area contributed by atoms with Crippen molar-refractivity contribution in [3.63, 3.8) is 0 Å². The largest absolute Gasteiger partial charge is 0.465 e. The third-order valence-electron chi connectivity index (χ3n) is 5.12. The molecule has 1 fully saturated rings. The van der Waals surface area contributed by atoms with Crippen molar-refractivity contribution in [2.24, 2.45) is 0 Å². The van der Waals surface area contributed by atoms with Crippen LogP contribution in [0.25, 0.3) is 0 Å². The lowest BCUT2D eigenvalue weighted by atomic mass is 9.90. The number of amides is 1. The second kappa shape index (κ2) is 4.83. The third kappa shape index (κ3) is 2.03. The van der Waals surface area contributed by atoms with Crippen LogP contribution in [0.4, 0.5) is 16.2 Å². The minimum absolute atomic E-state index is 0.507. The van der Waals surface area contributed by atoms with Crippen LogP contribution in [0.2, 0.25) is 0 Å². The molecule has 0 radical (unpaired) electrons. The van der Waals surface area contributed by atoms with Crippen LogP contribution in [0.3, 0.4) is 0 Å². The first-order valence-corrected chi connectivity index (χ1v) is 7.85. The van der Waals surface area contributed by atoms with Gasteiger partial charge in [-0.2, -0.15) is 0 Å². The van der Waals surface area contributed by atoms with Gasteiger partial charge in [0.1, 0.15) is 0 Å². The summed E-state index contributed by atoms with van der Waals surface area (Å²) < 4.78 is 0. The number of rotatable bonds is 1. The topological polar surface area (TPSA) is 47.0 Å². The van der Waals surface area contributed by atoms with E-state index in [-0.39, 0.29) is 0 Å². The Morgan fingerprint density at radius 1 is 1.14 bits per heavy atom. The Hall–Kier alpha value is -1.91. The van der Waals surface area contributed by atoms with Gasteiger partial charge < -0.3 is 19.8 Å². The molecular weight excluding hydrogens is 266 g/mol. The highest BCUT2D eigenvalue weighted by Crippen LogP contribution is 2.41. The van der Waals surface area contributed by atoms with E-state index in [1.54, 1.807) is 0 Å². The summed E-state index contributed by atoms with van der Waals surface area (Å²) in [5.41, 5.74) is 3.74. The van der Waals surface area contributed by atoms with Crippen molar-refractivity contribution in [1.29, 1.82) is 0 Å². The fourth-order valence-electron chi connectivity index (χ4n) is 3.75. The van der Waals surface area contributed by atoms with Crippen molar-refractivity contribution in [2.45, 2.75) is 31.8 Å². The average molecular weight is 287 g/mol. The van der Waals surface area contributed by atoms with Gasteiger partial charge in [-0.05, 0) is 30.9 Å². The van der Waals surface area contributed by atoms with Gasteiger partial charge in [-0.15, -0.1) is 0 Å². The zero-order valence-electron chi connectivity index (χ0n) is 12.2. The fraction of sp³-hybridized carbons (Fsp3) is 0.562. The Bertz CT molecular complexity index is 571. The standard InChI is InChI=1S/C16H21N3O2/c20-16(21)18-8-7-17-9-10-19(13-4-2-5-13)14-6-1-3-12(11-18)15(14)17/h1,3,6,13H,2,4-5,7-11H2,(H,20,21). The molecular formula is C16H21N3O2. The molecule has 0 atom stereocenters. The average Bonchev–Trinajstić information content (AvgIpc) is 2.61. The molecule has 1 aliphatic carbocycles. The van der Waals surface area contributed by atoms with Crippen molar-refractivity contribution >= 4 is 17.5 Å². The van der Waals surface area contributed by atoms with Crippen LogP contribution in [0.1, 0.15) is 24.8 Å². The van der Waals surface area contributed by atoms with E-state index in [1.807, 2.05) is 0 Å². The van der Waals surface area contributed by atoms with E-state index in [0.29, 0.717) is 19.1 Å². The van der Waals surface area contributed by atoms with E-state index in [9.17, 15) is 9.90 Å². The maximum absolute atomic E-state index is 11.3. The highest BCUT2D eigenvalue weighted by atomic mass is 16.4. The minimum atomic E-state index is -0.816. The van der Waals surface area contributed by atoms with Gasteiger partial charge in [-0.1, -0.05) is 12.1 Å². The third-order valence-corrected chi connectivity index (χ3v) is 5.12. The first-order valence-electron chi connectivity index (χ1n) is 7.85. The molecule has 1 aromatic rings.